The molecule has 3 nitrogen and oxygen atoms in total. The summed E-state index contributed by atoms with van der Waals surface area (Å²) in [6.45, 7) is 2.60. The van der Waals surface area contributed by atoms with E-state index in [2.05, 4.69) is 12.2 Å². The number of rotatable bonds is 5. The van der Waals surface area contributed by atoms with Gasteiger partial charge in [0.15, 0.2) is 0 Å². The fraction of sp³-hybridized carbons (Fsp3) is 0.417. The maximum absolute atomic E-state index is 11.4. The van der Waals surface area contributed by atoms with E-state index in [-0.39, 0.29) is 5.91 Å². The van der Waals surface area contributed by atoms with Crippen molar-refractivity contribution in [1.82, 2.24) is 0 Å². The van der Waals surface area contributed by atoms with Crippen molar-refractivity contribution in [3.05, 3.63) is 29.8 Å². The van der Waals surface area contributed by atoms with Crippen LogP contribution in [0.5, 0.6) is 0 Å². The molecule has 0 aromatic heterocycles. The van der Waals surface area contributed by atoms with Gasteiger partial charge in [0.1, 0.15) is 0 Å². The monoisotopic (exact) mass is 206 g/mol. The van der Waals surface area contributed by atoms with Gasteiger partial charge in [0.05, 0.1) is 0 Å². The summed E-state index contributed by atoms with van der Waals surface area (Å²) in [5, 5.41) is 2.85. The minimum atomic E-state index is 0.0809. The molecule has 1 aromatic rings. The molecule has 0 bridgehead atoms. The fourth-order valence-electron chi connectivity index (χ4n) is 1.28. The lowest BCUT2D eigenvalue weighted by molar-refractivity contribution is -0.116. The third-order valence-corrected chi connectivity index (χ3v) is 2.23. The van der Waals surface area contributed by atoms with E-state index in [0.717, 1.165) is 24.1 Å². The van der Waals surface area contributed by atoms with E-state index in [9.17, 15) is 4.79 Å². The molecule has 0 aliphatic rings. The third-order valence-electron chi connectivity index (χ3n) is 2.23. The van der Waals surface area contributed by atoms with E-state index in [1.807, 2.05) is 24.3 Å². The molecule has 0 fully saturated rings. The van der Waals surface area contributed by atoms with Crippen LogP contribution in [0.4, 0.5) is 5.69 Å². The summed E-state index contributed by atoms with van der Waals surface area (Å²) in [5.41, 5.74) is 7.39. The lowest BCUT2D eigenvalue weighted by Crippen LogP contribution is -2.10. The van der Waals surface area contributed by atoms with Crippen molar-refractivity contribution in [1.29, 1.82) is 0 Å². The maximum atomic E-state index is 11.4. The Bertz CT molecular complexity index is 306. The number of hydrogen-bond acceptors (Lipinski definition) is 2. The number of nitrogens with two attached hydrogens (primary N) is 1. The number of benzene rings is 1. The number of unbranched alkanes of at least 4 members (excludes halogenated alkanes) is 1. The predicted octanol–water partition coefficient (Wildman–Crippen LogP) is 2.27. The van der Waals surface area contributed by atoms with Gasteiger partial charge in [0.2, 0.25) is 5.91 Å². The Morgan fingerprint density at radius 1 is 1.33 bits per heavy atom. The Hall–Kier alpha value is -1.35. The Kier molecular flexibility index (Phi) is 4.84. The quantitative estimate of drug-likeness (QED) is 0.776. The van der Waals surface area contributed by atoms with Crippen molar-refractivity contribution in [3.63, 3.8) is 0 Å². The van der Waals surface area contributed by atoms with Crippen LogP contribution in [0, 0.1) is 0 Å². The lowest BCUT2D eigenvalue weighted by atomic mass is 10.2. The van der Waals surface area contributed by atoms with Gasteiger partial charge in [-0.25, -0.2) is 0 Å². The van der Waals surface area contributed by atoms with Crippen molar-refractivity contribution < 1.29 is 4.79 Å². The zero-order valence-corrected chi connectivity index (χ0v) is 9.12. The number of nitrogens with one attached hydrogen (secondary N) is 1. The van der Waals surface area contributed by atoms with Crippen molar-refractivity contribution in [3.8, 4) is 0 Å². The first-order valence-corrected chi connectivity index (χ1v) is 5.35. The molecule has 0 radical (unpaired) electrons. The van der Waals surface area contributed by atoms with Crippen LogP contribution in [0.1, 0.15) is 31.7 Å². The summed E-state index contributed by atoms with van der Waals surface area (Å²) in [7, 11) is 0. The molecule has 3 heteroatoms. The van der Waals surface area contributed by atoms with Crippen LogP contribution < -0.4 is 11.1 Å². The van der Waals surface area contributed by atoms with E-state index >= 15 is 0 Å². The predicted molar refractivity (Wildman–Crippen MR) is 62.5 cm³/mol. The molecular weight excluding hydrogens is 188 g/mol. The highest BCUT2D eigenvalue weighted by Gasteiger charge is 2.00. The zero-order valence-electron chi connectivity index (χ0n) is 9.12. The average molecular weight is 206 g/mol. The SMILES string of the molecule is CCCCC(=O)Nc1ccc(CN)cc1. The standard InChI is InChI=1S/C12H18N2O/c1-2-3-4-12(15)14-11-7-5-10(9-13)6-8-11/h5-8H,2-4,9,13H2,1H3,(H,14,15). The van der Waals surface area contributed by atoms with Crippen LogP contribution in [0.15, 0.2) is 24.3 Å². The summed E-state index contributed by atoms with van der Waals surface area (Å²) in [5.74, 6) is 0.0809. The van der Waals surface area contributed by atoms with Crippen LogP contribution in [0.2, 0.25) is 0 Å². The Balaban J connectivity index is 2.46. The van der Waals surface area contributed by atoms with E-state index in [1.54, 1.807) is 0 Å². The molecule has 0 saturated heterocycles. The van der Waals surface area contributed by atoms with Crippen molar-refractivity contribution in [2.45, 2.75) is 32.7 Å². The largest absolute Gasteiger partial charge is 0.326 e. The van der Waals surface area contributed by atoms with Gasteiger partial charge >= 0.3 is 0 Å². The Morgan fingerprint density at radius 2 is 2.00 bits per heavy atom. The number of anilines is 1. The summed E-state index contributed by atoms with van der Waals surface area (Å²) < 4.78 is 0. The van der Waals surface area contributed by atoms with E-state index in [1.165, 1.54) is 0 Å². The van der Waals surface area contributed by atoms with Crippen molar-refractivity contribution in [2.24, 2.45) is 5.73 Å². The fourth-order valence-corrected chi connectivity index (χ4v) is 1.28. The first kappa shape index (κ1) is 11.7. The second-order valence-electron chi connectivity index (χ2n) is 3.55. The zero-order chi connectivity index (χ0) is 11.1. The highest BCUT2D eigenvalue weighted by molar-refractivity contribution is 5.90. The highest BCUT2D eigenvalue weighted by Crippen LogP contribution is 2.09. The molecule has 3 N–H and O–H groups in total. The van der Waals surface area contributed by atoms with E-state index in [4.69, 9.17) is 5.73 Å². The second kappa shape index (κ2) is 6.19. The number of hydrogen-bond donors (Lipinski definition) is 2. The molecule has 15 heavy (non-hydrogen) atoms. The summed E-state index contributed by atoms with van der Waals surface area (Å²) in [4.78, 5) is 11.4. The minimum Gasteiger partial charge on any atom is -0.326 e. The molecule has 0 unspecified atom stereocenters. The maximum Gasteiger partial charge on any atom is 0.224 e. The molecule has 0 spiro atoms. The molecule has 82 valence electrons. The first-order chi connectivity index (χ1) is 7.26. The third kappa shape index (κ3) is 4.13. The smallest absolute Gasteiger partial charge is 0.224 e. The van der Waals surface area contributed by atoms with Gasteiger partial charge in [-0.3, -0.25) is 4.79 Å². The van der Waals surface area contributed by atoms with E-state index in [0.29, 0.717) is 13.0 Å². The van der Waals surface area contributed by atoms with Crippen molar-refractivity contribution >= 4 is 11.6 Å². The molecule has 0 atom stereocenters. The summed E-state index contributed by atoms with van der Waals surface area (Å²) in [6.07, 6.45) is 2.57. The van der Waals surface area contributed by atoms with Gasteiger partial charge in [-0.2, -0.15) is 0 Å². The average Bonchev–Trinajstić information content (AvgIpc) is 2.27. The van der Waals surface area contributed by atoms with Gasteiger partial charge in [0, 0.05) is 18.7 Å². The number of amides is 1. The van der Waals surface area contributed by atoms with Gasteiger partial charge in [-0.1, -0.05) is 25.5 Å². The van der Waals surface area contributed by atoms with E-state index < -0.39 is 0 Å². The number of carbonyl (C=O) groups is 1. The van der Waals surface area contributed by atoms with Crippen molar-refractivity contribution in [2.75, 3.05) is 5.32 Å². The van der Waals surface area contributed by atoms with Crippen LogP contribution in [0.3, 0.4) is 0 Å². The molecule has 0 saturated carbocycles. The Labute approximate surface area is 90.7 Å². The molecule has 0 heterocycles. The number of carbonyl (C=O) groups excluding carboxylic acids is 1. The molecule has 1 aromatic carbocycles. The van der Waals surface area contributed by atoms with Gasteiger partial charge in [-0.05, 0) is 24.1 Å². The van der Waals surface area contributed by atoms with Gasteiger partial charge < -0.3 is 11.1 Å². The minimum absolute atomic E-state index is 0.0809. The van der Waals surface area contributed by atoms with Crippen LogP contribution in [-0.2, 0) is 11.3 Å². The molecule has 1 rings (SSSR count). The second-order valence-corrected chi connectivity index (χ2v) is 3.55. The molecule has 0 aliphatic carbocycles. The Morgan fingerprint density at radius 3 is 2.53 bits per heavy atom. The van der Waals surface area contributed by atoms with Crippen LogP contribution in [0.25, 0.3) is 0 Å². The van der Waals surface area contributed by atoms with Crippen LogP contribution >= 0.6 is 0 Å². The van der Waals surface area contributed by atoms with Gasteiger partial charge in [-0.15, -0.1) is 0 Å². The summed E-state index contributed by atoms with van der Waals surface area (Å²) >= 11 is 0. The first-order valence-electron chi connectivity index (χ1n) is 5.35. The van der Waals surface area contributed by atoms with Crippen LogP contribution in [-0.4, -0.2) is 5.91 Å². The topological polar surface area (TPSA) is 55.1 Å². The van der Waals surface area contributed by atoms with Gasteiger partial charge in [0.25, 0.3) is 0 Å². The lowest BCUT2D eigenvalue weighted by Gasteiger charge is -2.05. The molecular formula is C12H18N2O. The highest BCUT2D eigenvalue weighted by atomic mass is 16.1. The normalized spacial score (nSPS) is 10.0. The summed E-state index contributed by atoms with van der Waals surface area (Å²) in [6, 6.07) is 7.61. The molecule has 0 aliphatic heterocycles. The molecule has 1 amide bonds.